The van der Waals surface area contributed by atoms with E-state index in [4.69, 9.17) is 15.3 Å². The summed E-state index contributed by atoms with van der Waals surface area (Å²) in [7, 11) is 0. The average molecular weight is 206 g/mol. The Hall–Kier alpha value is -1.10. The number of aliphatic carboxylic acids is 2. The van der Waals surface area contributed by atoms with E-state index in [-0.39, 0.29) is 12.8 Å². The molecule has 0 aliphatic rings. The molecule has 14 heavy (non-hydrogen) atoms. The third kappa shape index (κ3) is 22.4. The van der Waals surface area contributed by atoms with Crippen molar-refractivity contribution in [1.29, 1.82) is 0 Å². The van der Waals surface area contributed by atoms with Crippen LogP contribution in [0.4, 0.5) is 0 Å². The molecule has 0 aromatic rings. The Morgan fingerprint density at radius 2 is 1.43 bits per heavy atom. The first kappa shape index (κ1) is 15.4. The molecular weight excluding hydrogens is 188 g/mol. The summed E-state index contributed by atoms with van der Waals surface area (Å²) >= 11 is 0. The quantitative estimate of drug-likeness (QED) is 0.622. The molecule has 0 aromatic heterocycles. The Labute approximate surface area is 83.4 Å². The van der Waals surface area contributed by atoms with E-state index < -0.39 is 11.9 Å². The molecule has 0 saturated carbocycles. The molecule has 84 valence electrons. The van der Waals surface area contributed by atoms with E-state index in [0.29, 0.717) is 12.5 Å². The molecule has 0 spiro atoms. The lowest BCUT2D eigenvalue weighted by Gasteiger charge is -1.95. The third-order valence-electron chi connectivity index (χ3n) is 1.26. The lowest BCUT2D eigenvalue weighted by Crippen LogP contribution is -2.00. The first-order valence-corrected chi connectivity index (χ1v) is 4.44. The van der Waals surface area contributed by atoms with Crippen LogP contribution in [0.25, 0.3) is 0 Å². The van der Waals surface area contributed by atoms with Gasteiger partial charge in [0, 0.05) is 6.61 Å². The van der Waals surface area contributed by atoms with Crippen LogP contribution in [0.2, 0.25) is 0 Å². The highest BCUT2D eigenvalue weighted by Gasteiger charge is 2.00. The zero-order chi connectivity index (χ0) is 11.6. The minimum absolute atomic E-state index is 0.296. The van der Waals surface area contributed by atoms with Crippen molar-refractivity contribution in [3.63, 3.8) is 0 Å². The lowest BCUT2D eigenvalue weighted by molar-refractivity contribution is -0.143. The Balaban J connectivity index is 0. The maximum atomic E-state index is 9.64. The smallest absolute Gasteiger partial charge is 0.303 e. The van der Waals surface area contributed by atoms with E-state index in [2.05, 4.69) is 13.8 Å². The van der Waals surface area contributed by atoms with Crippen molar-refractivity contribution in [3.8, 4) is 0 Å². The van der Waals surface area contributed by atoms with E-state index >= 15 is 0 Å². The highest BCUT2D eigenvalue weighted by atomic mass is 16.4. The molecule has 0 heterocycles. The molecule has 3 N–H and O–H groups in total. The lowest BCUT2D eigenvalue weighted by atomic mass is 10.2. The zero-order valence-electron chi connectivity index (χ0n) is 8.56. The number of aliphatic hydroxyl groups excluding tert-OH is 1. The third-order valence-corrected chi connectivity index (χ3v) is 1.26. The van der Waals surface area contributed by atoms with Crippen molar-refractivity contribution in [2.24, 2.45) is 5.92 Å². The van der Waals surface area contributed by atoms with Crippen molar-refractivity contribution in [1.82, 2.24) is 0 Å². The standard InChI is InChI=1S/C5H12O.C4H6O4/c1-5(2)3-4-6;5-3(6)1-2-4(7)8/h5-6H,3-4H2,1-2H3;1-2H2,(H,5,6)(H,7,8). The molecule has 0 aliphatic carbocycles. The first-order valence-electron chi connectivity index (χ1n) is 4.44. The second-order valence-corrected chi connectivity index (χ2v) is 3.19. The topological polar surface area (TPSA) is 94.8 Å². The fourth-order valence-corrected chi connectivity index (χ4v) is 0.472. The van der Waals surface area contributed by atoms with Gasteiger partial charge in [-0.3, -0.25) is 9.59 Å². The van der Waals surface area contributed by atoms with Crippen molar-refractivity contribution in [3.05, 3.63) is 0 Å². The first-order chi connectivity index (χ1) is 6.40. The van der Waals surface area contributed by atoms with Crippen LogP contribution < -0.4 is 0 Å². The molecule has 0 atom stereocenters. The summed E-state index contributed by atoms with van der Waals surface area (Å²) in [5.74, 6) is -1.50. The predicted octanol–water partition coefficient (Wildman–Crippen LogP) is 0.961. The number of carboxylic acids is 2. The van der Waals surface area contributed by atoms with Crippen LogP contribution in [0.5, 0.6) is 0 Å². The number of carbonyl (C=O) groups is 2. The molecule has 5 heteroatoms. The fourth-order valence-electron chi connectivity index (χ4n) is 0.472. The van der Waals surface area contributed by atoms with Crippen molar-refractivity contribution >= 4 is 11.9 Å². The maximum absolute atomic E-state index is 9.64. The van der Waals surface area contributed by atoms with Gasteiger partial charge in [-0.25, -0.2) is 0 Å². The summed E-state index contributed by atoms with van der Waals surface area (Å²) in [6, 6.07) is 0. The normalized spacial score (nSPS) is 9.14. The molecule has 0 radical (unpaired) electrons. The van der Waals surface area contributed by atoms with E-state index in [1.807, 2.05) is 0 Å². The predicted molar refractivity (Wildman–Crippen MR) is 51.0 cm³/mol. The fraction of sp³-hybridized carbons (Fsp3) is 0.778. The minimum atomic E-state index is -1.08. The molecule has 0 saturated heterocycles. The highest BCUT2D eigenvalue weighted by Crippen LogP contribution is 1.94. The van der Waals surface area contributed by atoms with Crippen LogP contribution in [-0.4, -0.2) is 33.9 Å². The second kappa shape index (κ2) is 9.98. The van der Waals surface area contributed by atoms with Gasteiger partial charge in [0.05, 0.1) is 12.8 Å². The Bertz CT molecular complexity index is 151. The van der Waals surface area contributed by atoms with Crippen LogP contribution in [0.1, 0.15) is 33.1 Å². The molecule has 0 amide bonds. The molecule has 5 nitrogen and oxygen atoms in total. The molecule has 0 bridgehead atoms. The van der Waals surface area contributed by atoms with Gasteiger partial charge in [0.25, 0.3) is 0 Å². The van der Waals surface area contributed by atoms with E-state index in [9.17, 15) is 9.59 Å². The average Bonchev–Trinajstić information content (AvgIpc) is 2.01. The van der Waals surface area contributed by atoms with Gasteiger partial charge in [-0.2, -0.15) is 0 Å². The SMILES string of the molecule is CC(C)CCO.O=C(O)CCC(=O)O. The van der Waals surface area contributed by atoms with Gasteiger partial charge >= 0.3 is 11.9 Å². The van der Waals surface area contributed by atoms with Crippen LogP contribution >= 0.6 is 0 Å². The largest absolute Gasteiger partial charge is 0.481 e. The van der Waals surface area contributed by atoms with Gasteiger partial charge < -0.3 is 15.3 Å². The zero-order valence-corrected chi connectivity index (χ0v) is 8.56. The Morgan fingerprint density at radius 3 is 1.50 bits per heavy atom. The van der Waals surface area contributed by atoms with Gasteiger partial charge in [-0.15, -0.1) is 0 Å². The summed E-state index contributed by atoms with van der Waals surface area (Å²) in [4.78, 5) is 19.3. The van der Waals surface area contributed by atoms with Gasteiger partial charge in [0.15, 0.2) is 0 Å². The summed E-state index contributed by atoms with van der Waals surface area (Å²) < 4.78 is 0. The van der Waals surface area contributed by atoms with E-state index in [1.54, 1.807) is 0 Å². The highest BCUT2D eigenvalue weighted by molar-refractivity contribution is 5.75. The summed E-state index contributed by atoms with van der Waals surface area (Å²) in [6.07, 6.45) is 0.338. The maximum Gasteiger partial charge on any atom is 0.303 e. The number of carboxylic acid groups (broad SMARTS) is 2. The number of hydrogen-bond donors (Lipinski definition) is 3. The molecule has 0 aliphatic heterocycles. The molecule has 0 unspecified atom stereocenters. The molecule has 0 aromatic carbocycles. The van der Waals surface area contributed by atoms with Crippen molar-refractivity contribution < 1.29 is 24.9 Å². The van der Waals surface area contributed by atoms with E-state index in [0.717, 1.165) is 6.42 Å². The molecule has 0 fully saturated rings. The molecule has 0 rings (SSSR count). The van der Waals surface area contributed by atoms with Crippen molar-refractivity contribution in [2.45, 2.75) is 33.1 Å². The second-order valence-electron chi connectivity index (χ2n) is 3.19. The summed E-state index contributed by atoms with van der Waals surface area (Å²) in [6.45, 7) is 4.52. The van der Waals surface area contributed by atoms with Crippen LogP contribution in [0.15, 0.2) is 0 Å². The van der Waals surface area contributed by atoms with Gasteiger partial charge in [-0.1, -0.05) is 13.8 Å². The summed E-state index contributed by atoms with van der Waals surface area (Å²) in [5, 5.41) is 24.0. The van der Waals surface area contributed by atoms with Crippen LogP contribution in [0, 0.1) is 5.92 Å². The monoisotopic (exact) mass is 206 g/mol. The van der Waals surface area contributed by atoms with Crippen molar-refractivity contribution in [2.75, 3.05) is 6.61 Å². The minimum Gasteiger partial charge on any atom is -0.481 e. The van der Waals surface area contributed by atoms with Gasteiger partial charge in [0.1, 0.15) is 0 Å². The Morgan fingerprint density at radius 1 is 1.07 bits per heavy atom. The van der Waals surface area contributed by atoms with Crippen LogP contribution in [0.3, 0.4) is 0 Å². The molecular formula is C9H18O5. The number of hydrogen-bond acceptors (Lipinski definition) is 3. The number of rotatable bonds is 5. The number of aliphatic hydroxyl groups is 1. The van der Waals surface area contributed by atoms with E-state index in [1.165, 1.54) is 0 Å². The van der Waals surface area contributed by atoms with Crippen LogP contribution in [-0.2, 0) is 9.59 Å². The summed E-state index contributed by atoms with van der Waals surface area (Å²) in [5.41, 5.74) is 0. The van der Waals surface area contributed by atoms with Gasteiger partial charge in [-0.05, 0) is 12.3 Å². The Kier molecular flexibility index (Phi) is 11.0. The van der Waals surface area contributed by atoms with Gasteiger partial charge in [0.2, 0.25) is 0 Å².